The first-order chi connectivity index (χ1) is 16.6. The third-order valence-electron chi connectivity index (χ3n) is 7.99. The number of aromatic nitrogens is 2. The molecule has 7 heteroatoms. The van der Waals surface area contributed by atoms with E-state index in [1.165, 1.54) is 11.1 Å². The molecule has 176 valence electrons. The minimum atomic E-state index is -1.09. The molecule has 0 spiro atoms. The molecular formula is C27H30N4O2S. The van der Waals surface area contributed by atoms with Gasteiger partial charge >= 0.3 is 0 Å². The highest BCUT2D eigenvalue weighted by molar-refractivity contribution is 7.85. The van der Waals surface area contributed by atoms with Crippen LogP contribution in [0, 0.1) is 24.2 Å². The summed E-state index contributed by atoms with van der Waals surface area (Å²) < 4.78 is 12.9. The van der Waals surface area contributed by atoms with Crippen LogP contribution in [0.1, 0.15) is 48.9 Å². The number of aliphatic hydroxyl groups is 1. The second kappa shape index (κ2) is 8.51. The van der Waals surface area contributed by atoms with Crippen LogP contribution >= 0.6 is 0 Å². The van der Waals surface area contributed by atoms with Gasteiger partial charge in [-0.25, -0.2) is 4.98 Å². The highest BCUT2D eigenvalue weighted by Crippen LogP contribution is 2.43. The zero-order chi connectivity index (χ0) is 23.3. The average molecular weight is 475 g/mol. The standard InChI is InChI=1S/C27H30N4O2S/c1-2-18-6-8-19(9-7-18)20-13-21-15-31(16-22(21)14-20)26-28-23-5-3-12-34(33)24(23)25(29-26)30-27(17-32)10-4-11-27/h1,6-9,13,21-22,32H,3-5,10-12,14-17H2,(H,28,29,30). The van der Waals surface area contributed by atoms with Crippen LogP contribution < -0.4 is 10.2 Å². The quantitative estimate of drug-likeness (QED) is 0.647. The van der Waals surface area contributed by atoms with Crippen molar-refractivity contribution in [2.75, 3.05) is 35.7 Å². The molecule has 0 bridgehead atoms. The van der Waals surface area contributed by atoms with Gasteiger partial charge in [-0.15, -0.1) is 6.42 Å². The number of aliphatic hydroxyl groups excluding tert-OH is 1. The molecule has 1 aromatic heterocycles. The molecular weight excluding hydrogens is 444 g/mol. The van der Waals surface area contributed by atoms with Crippen LogP contribution in [0.4, 0.5) is 11.8 Å². The lowest BCUT2D eigenvalue weighted by molar-refractivity contribution is 0.143. The summed E-state index contributed by atoms with van der Waals surface area (Å²) in [4.78, 5) is 12.9. The van der Waals surface area contributed by atoms with Crippen molar-refractivity contribution in [1.82, 2.24) is 9.97 Å². The fraction of sp³-hybridized carbons (Fsp3) is 0.481. The Kier molecular flexibility index (Phi) is 5.46. The van der Waals surface area contributed by atoms with Gasteiger partial charge in [0.2, 0.25) is 5.95 Å². The summed E-state index contributed by atoms with van der Waals surface area (Å²) in [7, 11) is -1.09. The summed E-state index contributed by atoms with van der Waals surface area (Å²) in [5, 5.41) is 13.5. The normalized spacial score (nSPS) is 26.8. The molecule has 2 aromatic rings. The maximum Gasteiger partial charge on any atom is 0.227 e. The first kappa shape index (κ1) is 21.8. The first-order valence-electron chi connectivity index (χ1n) is 12.3. The van der Waals surface area contributed by atoms with Gasteiger partial charge in [0.25, 0.3) is 0 Å². The van der Waals surface area contributed by atoms with Gasteiger partial charge in [0.1, 0.15) is 10.7 Å². The lowest BCUT2D eigenvalue weighted by Gasteiger charge is -2.42. The van der Waals surface area contributed by atoms with Crippen molar-refractivity contribution in [3.05, 3.63) is 47.2 Å². The van der Waals surface area contributed by atoms with Crippen molar-refractivity contribution in [2.24, 2.45) is 11.8 Å². The van der Waals surface area contributed by atoms with Gasteiger partial charge < -0.3 is 15.3 Å². The van der Waals surface area contributed by atoms with E-state index in [0.717, 1.165) is 73.7 Å². The molecule has 6 rings (SSSR count). The number of nitrogens with one attached hydrogen (secondary N) is 1. The fourth-order valence-electron chi connectivity index (χ4n) is 5.84. The molecule has 4 aliphatic rings. The molecule has 6 nitrogen and oxygen atoms in total. The van der Waals surface area contributed by atoms with E-state index in [9.17, 15) is 9.32 Å². The Morgan fingerprint density at radius 2 is 2.03 bits per heavy atom. The molecule has 0 radical (unpaired) electrons. The zero-order valence-electron chi connectivity index (χ0n) is 19.3. The van der Waals surface area contributed by atoms with Crippen molar-refractivity contribution in [3.63, 3.8) is 0 Å². The molecule has 1 aromatic carbocycles. The van der Waals surface area contributed by atoms with E-state index in [-0.39, 0.29) is 12.1 Å². The van der Waals surface area contributed by atoms with Crippen LogP contribution in [-0.2, 0) is 17.2 Å². The number of rotatable bonds is 5. The Balaban J connectivity index is 1.26. The van der Waals surface area contributed by atoms with Crippen molar-refractivity contribution < 1.29 is 9.32 Å². The van der Waals surface area contributed by atoms with Crippen LogP contribution in [0.25, 0.3) is 5.57 Å². The van der Waals surface area contributed by atoms with Gasteiger partial charge in [0.05, 0.1) is 28.6 Å². The number of benzene rings is 1. The molecule has 3 heterocycles. The molecule has 0 amide bonds. The summed E-state index contributed by atoms with van der Waals surface area (Å²) in [6.45, 7) is 1.88. The molecule has 2 fully saturated rings. The van der Waals surface area contributed by atoms with E-state index in [1.54, 1.807) is 0 Å². The van der Waals surface area contributed by atoms with Gasteiger partial charge in [0.15, 0.2) is 0 Å². The summed E-state index contributed by atoms with van der Waals surface area (Å²) >= 11 is 0. The zero-order valence-corrected chi connectivity index (χ0v) is 20.1. The minimum Gasteiger partial charge on any atom is -0.394 e. The molecule has 2 aliphatic heterocycles. The Labute approximate surface area is 203 Å². The van der Waals surface area contributed by atoms with E-state index < -0.39 is 10.8 Å². The number of anilines is 2. The van der Waals surface area contributed by atoms with Gasteiger partial charge in [0, 0.05) is 24.4 Å². The Bertz CT molecular complexity index is 1210. The summed E-state index contributed by atoms with van der Waals surface area (Å²) in [6.07, 6.45) is 13.6. The van der Waals surface area contributed by atoms with Crippen LogP contribution in [0.3, 0.4) is 0 Å². The highest BCUT2D eigenvalue weighted by Gasteiger charge is 2.40. The number of allylic oxidation sites excluding steroid dienone is 1. The molecule has 1 saturated carbocycles. The molecule has 2 aliphatic carbocycles. The molecule has 34 heavy (non-hydrogen) atoms. The van der Waals surface area contributed by atoms with Crippen LogP contribution in [0.15, 0.2) is 35.2 Å². The molecule has 3 atom stereocenters. The van der Waals surface area contributed by atoms with Gasteiger partial charge in [-0.1, -0.05) is 24.1 Å². The van der Waals surface area contributed by atoms with Gasteiger partial charge in [-0.05, 0) is 73.6 Å². The lowest BCUT2D eigenvalue weighted by atomic mass is 9.77. The van der Waals surface area contributed by atoms with Crippen molar-refractivity contribution in [2.45, 2.75) is 49.0 Å². The van der Waals surface area contributed by atoms with Crippen molar-refractivity contribution >= 4 is 28.1 Å². The molecule has 1 saturated heterocycles. The van der Waals surface area contributed by atoms with E-state index in [4.69, 9.17) is 16.4 Å². The number of hydrogen-bond donors (Lipinski definition) is 2. The van der Waals surface area contributed by atoms with E-state index in [2.05, 4.69) is 34.3 Å². The predicted molar refractivity (Wildman–Crippen MR) is 135 cm³/mol. The smallest absolute Gasteiger partial charge is 0.227 e. The van der Waals surface area contributed by atoms with Crippen LogP contribution in [0.2, 0.25) is 0 Å². The number of hydrogen-bond acceptors (Lipinski definition) is 6. The number of fused-ring (bicyclic) bond motifs is 2. The fourth-order valence-corrected chi connectivity index (χ4v) is 7.17. The van der Waals surface area contributed by atoms with E-state index in [0.29, 0.717) is 23.4 Å². The summed E-state index contributed by atoms with van der Waals surface area (Å²) in [5.74, 6) is 5.76. The summed E-state index contributed by atoms with van der Waals surface area (Å²) in [6, 6.07) is 8.28. The third-order valence-corrected chi connectivity index (χ3v) is 9.53. The largest absolute Gasteiger partial charge is 0.394 e. The third kappa shape index (κ3) is 3.73. The van der Waals surface area contributed by atoms with E-state index >= 15 is 0 Å². The maximum absolute atomic E-state index is 12.9. The molecule has 3 unspecified atom stereocenters. The topological polar surface area (TPSA) is 78.3 Å². The monoisotopic (exact) mass is 474 g/mol. The SMILES string of the molecule is C#Cc1ccc(C2=CC3CN(c4nc5c(c(NC6(CO)CCC6)n4)S(=O)CCC5)CC3C2)cc1. The Morgan fingerprint density at radius 1 is 1.21 bits per heavy atom. The van der Waals surface area contributed by atoms with Crippen molar-refractivity contribution in [1.29, 1.82) is 0 Å². The highest BCUT2D eigenvalue weighted by atomic mass is 32.2. The number of aryl methyl sites for hydroxylation is 1. The maximum atomic E-state index is 12.9. The van der Waals surface area contributed by atoms with E-state index in [1.807, 2.05) is 12.1 Å². The molecule has 2 N–H and O–H groups in total. The van der Waals surface area contributed by atoms with Gasteiger partial charge in [-0.3, -0.25) is 4.21 Å². The first-order valence-corrected chi connectivity index (χ1v) is 13.6. The number of nitrogens with zero attached hydrogens (tertiary/aromatic N) is 3. The second-order valence-corrected chi connectivity index (χ2v) is 11.7. The second-order valence-electron chi connectivity index (χ2n) is 10.2. The minimum absolute atomic E-state index is 0.0670. The summed E-state index contributed by atoms with van der Waals surface area (Å²) in [5.41, 5.74) is 4.14. The number of terminal acetylenes is 1. The van der Waals surface area contributed by atoms with Gasteiger partial charge in [-0.2, -0.15) is 4.98 Å². The Hall–Kier alpha value is -2.69. The predicted octanol–water partition coefficient (Wildman–Crippen LogP) is 3.38. The van der Waals surface area contributed by atoms with Crippen LogP contribution in [0.5, 0.6) is 0 Å². The average Bonchev–Trinajstić information content (AvgIpc) is 3.41. The van der Waals surface area contributed by atoms with Crippen LogP contribution in [-0.4, -0.2) is 50.3 Å². The lowest BCUT2D eigenvalue weighted by Crippen LogP contribution is -2.49. The van der Waals surface area contributed by atoms with Crippen molar-refractivity contribution in [3.8, 4) is 12.3 Å². The Morgan fingerprint density at radius 3 is 2.71 bits per heavy atom.